The zero-order chi connectivity index (χ0) is 15.0. The van der Waals surface area contributed by atoms with Crippen molar-refractivity contribution in [1.82, 2.24) is 4.98 Å². The van der Waals surface area contributed by atoms with Gasteiger partial charge in [-0.05, 0) is 42.8 Å². The highest BCUT2D eigenvalue weighted by atomic mass is 35.5. The molecule has 4 heteroatoms. The largest absolute Gasteiger partial charge is 0.276 e. The van der Waals surface area contributed by atoms with Crippen LogP contribution in [0, 0.1) is 6.92 Å². The van der Waals surface area contributed by atoms with E-state index in [2.05, 4.69) is 4.98 Å². The van der Waals surface area contributed by atoms with Crippen molar-refractivity contribution in [3.63, 3.8) is 0 Å². The number of aromatic nitrogens is 1. The predicted octanol–water partition coefficient (Wildman–Crippen LogP) is 5.24. The van der Waals surface area contributed by atoms with Crippen molar-refractivity contribution in [3.05, 3.63) is 64.7 Å². The molecule has 3 rings (SSSR count). The summed E-state index contributed by atoms with van der Waals surface area (Å²) in [5.74, 6) is 0. The van der Waals surface area contributed by atoms with Crippen molar-refractivity contribution in [3.8, 4) is 11.3 Å². The quantitative estimate of drug-likeness (QED) is 0.605. The topological polar surface area (TPSA) is 30.0 Å². The number of halogens is 2. The Bertz CT molecular complexity index is 841. The molecule has 0 N–H and O–H groups in total. The highest BCUT2D eigenvalue weighted by Crippen LogP contribution is 2.28. The van der Waals surface area contributed by atoms with Crippen LogP contribution in [-0.2, 0) is 0 Å². The van der Waals surface area contributed by atoms with Crippen LogP contribution in [0.1, 0.15) is 15.9 Å². The molecule has 0 saturated carbocycles. The van der Waals surface area contributed by atoms with Gasteiger partial charge in [0.25, 0.3) is 5.24 Å². The number of fused-ring (bicyclic) bond motifs is 1. The van der Waals surface area contributed by atoms with E-state index in [9.17, 15) is 4.79 Å². The van der Waals surface area contributed by atoms with Gasteiger partial charge in [-0.2, -0.15) is 0 Å². The summed E-state index contributed by atoms with van der Waals surface area (Å²) in [6.07, 6.45) is 0. The molecule has 0 spiro atoms. The van der Waals surface area contributed by atoms with Gasteiger partial charge in [0.05, 0.1) is 11.2 Å². The number of pyridine rings is 1. The molecule has 3 aromatic rings. The lowest BCUT2D eigenvalue weighted by atomic mass is 10.0. The van der Waals surface area contributed by atoms with Crippen LogP contribution in [0.3, 0.4) is 0 Å². The van der Waals surface area contributed by atoms with Crippen LogP contribution in [0.25, 0.3) is 22.2 Å². The zero-order valence-corrected chi connectivity index (χ0v) is 12.7. The lowest BCUT2D eigenvalue weighted by molar-refractivity contribution is 0.108. The number of hydrogen-bond acceptors (Lipinski definition) is 2. The molecular formula is C17H11Cl2NO. The summed E-state index contributed by atoms with van der Waals surface area (Å²) < 4.78 is 0. The van der Waals surface area contributed by atoms with Crippen molar-refractivity contribution in [2.24, 2.45) is 0 Å². The fraction of sp³-hybridized carbons (Fsp3) is 0.0588. The summed E-state index contributed by atoms with van der Waals surface area (Å²) in [5.41, 5.74) is 3.94. The molecule has 0 aliphatic carbocycles. The highest BCUT2D eigenvalue weighted by Gasteiger charge is 2.12. The third kappa shape index (κ3) is 2.78. The second-order valence-corrected chi connectivity index (χ2v) is 5.64. The molecule has 1 heterocycles. The van der Waals surface area contributed by atoms with Crippen molar-refractivity contribution in [2.75, 3.05) is 0 Å². The number of nitrogens with zero attached hydrogens (tertiary/aromatic N) is 1. The zero-order valence-electron chi connectivity index (χ0n) is 11.2. The summed E-state index contributed by atoms with van der Waals surface area (Å²) in [6, 6.07) is 14.9. The molecule has 0 atom stereocenters. The van der Waals surface area contributed by atoms with Gasteiger partial charge in [-0.3, -0.25) is 4.79 Å². The SMILES string of the molecule is Cc1ccc(-c2cc(C(=O)Cl)c3cc(Cl)ccc3n2)cc1. The van der Waals surface area contributed by atoms with E-state index in [0.29, 0.717) is 27.2 Å². The number of carbonyl (C=O) groups excluding carboxylic acids is 1. The molecule has 0 amide bonds. The first kappa shape index (κ1) is 14.1. The molecule has 0 fully saturated rings. The number of aryl methyl sites for hydroxylation is 1. The summed E-state index contributed by atoms with van der Waals surface area (Å²) in [4.78, 5) is 16.3. The van der Waals surface area contributed by atoms with Crippen molar-refractivity contribution in [2.45, 2.75) is 6.92 Å². The second kappa shape index (κ2) is 5.47. The van der Waals surface area contributed by atoms with E-state index in [0.717, 1.165) is 5.56 Å². The van der Waals surface area contributed by atoms with Gasteiger partial charge in [0.2, 0.25) is 0 Å². The third-order valence-electron chi connectivity index (χ3n) is 3.33. The predicted molar refractivity (Wildman–Crippen MR) is 87.1 cm³/mol. The van der Waals surface area contributed by atoms with E-state index in [-0.39, 0.29) is 0 Å². The van der Waals surface area contributed by atoms with Crippen LogP contribution in [0.4, 0.5) is 0 Å². The molecule has 0 aliphatic rings. The first-order valence-electron chi connectivity index (χ1n) is 6.42. The molecule has 0 radical (unpaired) electrons. The van der Waals surface area contributed by atoms with E-state index in [4.69, 9.17) is 23.2 Å². The van der Waals surface area contributed by atoms with Gasteiger partial charge < -0.3 is 0 Å². The summed E-state index contributed by atoms with van der Waals surface area (Å²) in [6.45, 7) is 2.02. The van der Waals surface area contributed by atoms with Gasteiger partial charge in [0.1, 0.15) is 0 Å². The Balaban J connectivity index is 2.28. The van der Waals surface area contributed by atoms with Crippen LogP contribution in [0.2, 0.25) is 5.02 Å². The number of carbonyl (C=O) groups is 1. The molecule has 0 aliphatic heterocycles. The highest BCUT2D eigenvalue weighted by molar-refractivity contribution is 6.68. The monoisotopic (exact) mass is 315 g/mol. The Labute approximate surface area is 132 Å². The van der Waals surface area contributed by atoms with Crippen molar-refractivity contribution >= 4 is 39.3 Å². The molecule has 0 saturated heterocycles. The molecule has 21 heavy (non-hydrogen) atoms. The Morgan fingerprint density at radius 2 is 1.76 bits per heavy atom. The number of rotatable bonds is 2. The van der Waals surface area contributed by atoms with E-state index < -0.39 is 5.24 Å². The van der Waals surface area contributed by atoms with Gasteiger partial charge in [-0.25, -0.2) is 4.98 Å². The minimum absolute atomic E-state index is 0.416. The van der Waals surface area contributed by atoms with Gasteiger partial charge in [0, 0.05) is 21.5 Å². The van der Waals surface area contributed by atoms with Crippen molar-refractivity contribution in [1.29, 1.82) is 0 Å². The minimum atomic E-state index is -0.516. The van der Waals surface area contributed by atoms with Crippen molar-refractivity contribution < 1.29 is 4.79 Å². The smallest absolute Gasteiger partial charge is 0.253 e. The van der Waals surface area contributed by atoms with E-state index in [1.165, 1.54) is 5.56 Å². The summed E-state index contributed by atoms with van der Waals surface area (Å²) in [7, 11) is 0. The Kier molecular flexibility index (Phi) is 3.66. The molecule has 2 nitrogen and oxygen atoms in total. The van der Waals surface area contributed by atoms with Crippen LogP contribution in [-0.4, -0.2) is 10.2 Å². The number of benzene rings is 2. The fourth-order valence-electron chi connectivity index (χ4n) is 2.23. The van der Waals surface area contributed by atoms with Crippen LogP contribution in [0.15, 0.2) is 48.5 Å². The molecule has 0 bridgehead atoms. The second-order valence-electron chi connectivity index (χ2n) is 4.86. The lowest BCUT2D eigenvalue weighted by Crippen LogP contribution is -1.96. The lowest BCUT2D eigenvalue weighted by Gasteiger charge is -2.08. The third-order valence-corrected chi connectivity index (χ3v) is 3.77. The Hall–Kier alpha value is -1.90. The maximum Gasteiger partial charge on any atom is 0.253 e. The molecule has 2 aromatic carbocycles. The minimum Gasteiger partial charge on any atom is -0.276 e. The average molecular weight is 316 g/mol. The van der Waals surface area contributed by atoms with Crippen LogP contribution >= 0.6 is 23.2 Å². The summed E-state index contributed by atoms with van der Waals surface area (Å²) in [5, 5.41) is 0.697. The van der Waals surface area contributed by atoms with Gasteiger partial charge in [-0.1, -0.05) is 41.4 Å². The van der Waals surface area contributed by atoms with E-state index in [1.807, 2.05) is 31.2 Å². The molecule has 104 valence electrons. The molecule has 1 aromatic heterocycles. The normalized spacial score (nSPS) is 10.8. The molecule has 0 unspecified atom stereocenters. The Morgan fingerprint density at radius 1 is 1.05 bits per heavy atom. The van der Waals surface area contributed by atoms with E-state index >= 15 is 0 Å². The summed E-state index contributed by atoms with van der Waals surface area (Å²) >= 11 is 11.7. The standard InChI is InChI=1S/C17H11Cl2NO/c1-10-2-4-11(5-3-10)16-9-14(17(19)21)13-8-12(18)6-7-15(13)20-16/h2-9H,1H3. The van der Waals surface area contributed by atoms with Gasteiger partial charge >= 0.3 is 0 Å². The maximum atomic E-state index is 11.7. The Morgan fingerprint density at radius 3 is 2.43 bits per heavy atom. The first-order valence-corrected chi connectivity index (χ1v) is 7.17. The fourth-order valence-corrected chi connectivity index (χ4v) is 2.56. The first-order chi connectivity index (χ1) is 10.0. The van der Waals surface area contributed by atoms with Gasteiger partial charge in [-0.15, -0.1) is 0 Å². The van der Waals surface area contributed by atoms with Crippen LogP contribution in [0.5, 0.6) is 0 Å². The van der Waals surface area contributed by atoms with E-state index in [1.54, 1.807) is 24.3 Å². The van der Waals surface area contributed by atoms with Crippen LogP contribution < -0.4 is 0 Å². The van der Waals surface area contributed by atoms with Gasteiger partial charge in [0.15, 0.2) is 0 Å². The number of hydrogen-bond donors (Lipinski definition) is 0. The molecular weight excluding hydrogens is 305 g/mol. The maximum absolute atomic E-state index is 11.7. The average Bonchev–Trinajstić information content (AvgIpc) is 2.46.